The van der Waals surface area contributed by atoms with Crippen LogP contribution in [0.4, 0.5) is 0 Å². The SMILES string of the molecule is CO[Si](CC[Si](C)(C)OC(O[Si](C)(C)CC[Si](OC)(OC)OC)[SiH2]O[SiH](C)C)(OC)OC. The molecule has 194 valence electrons. The van der Waals surface area contributed by atoms with Crippen molar-refractivity contribution < 1.29 is 39.5 Å². The highest BCUT2D eigenvalue weighted by molar-refractivity contribution is 6.75. The molecule has 0 aromatic heterocycles. The Balaban J connectivity index is 5.25. The Labute approximate surface area is 204 Å². The molecule has 9 nitrogen and oxygen atoms in total. The summed E-state index contributed by atoms with van der Waals surface area (Å²) >= 11 is 0. The molecule has 0 fully saturated rings. The predicted molar refractivity (Wildman–Crippen MR) is 142 cm³/mol. The fourth-order valence-electron chi connectivity index (χ4n) is 3.21. The van der Waals surface area contributed by atoms with E-state index in [4.69, 9.17) is 39.5 Å². The monoisotopic (exact) mass is 564 g/mol. The first-order valence-electron chi connectivity index (χ1n) is 11.1. The largest absolute Gasteiger partial charge is 0.499 e. The van der Waals surface area contributed by atoms with Gasteiger partial charge in [-0.05, 0) is 51.4 Å². The molecule has 0 bridgehead atoms. The zero-order valence-electron chi connectivity index (χ0n) is 22.4. The Bertz CT molecular complexity index is 450. The van der Waals surface area contributed by atoms with Gasteiger partial charge in [0.2, 0.25) is 9.76 Å². The highest BCUT2D eigenvalue weighted by Gasteiger charge is 2.43. The summed E-state index contributed by atoms with van der Waals surface area (Å²) < 4.78 is 53.0. The third-order valence-electron chi connectivity index (χ3n) is 5.40. The van der Waals surface area contributed by atoms with Crippen molar-refractivity contribution in [3.8, 4) is 0 Å². The maximum Gasteiger partial charge on any atom is 0.499 e. The van der Waals surface area contributed by atoms with E-state index in [0.29, 0.717) is 12.1 Å². The van der Waals surface area contributed by atoms with E-state index < -0.39 is 53.0 Å². The molecule has 0 amide bonds. The van der Waals surface area contributed by atoms with Crippen molar-refractivity contribution in [2.75, 3.05) is 42.7 Å². The van der Waals surface area contributed by atoms with Gasteiger partial charge in [-0.2, -0.15) is 0 Å². The zero-order valence-corrected chi connectivity index (χ0v) is 28.9. The lowest BCUT2D eigenvalue weighted by Crippen LogP contribution is -2.50. The average Bonchev–Trinajstić information content (AvgIpc) is 2.74. The Morgan fingerprint density at radius 3 is 1.16 bits per heavy atom. The molecule has 0 aliphatic heterocycles. The summed E-state index contributed by atoms with van der Waals surface area (Å²) in [6, 6.07) is 3.15. The molecular weight excluding hydrogens is 517 g/mol. The molecule has 32 heavy (non-hydrogen) atoms. The van der Waals surface area contributed by atoms with E-state index in [1.54, 1.807) is 42.7 Å². The normalized spacial score (nSPS) is 14.4. The van der Waals surface area contributed by atoms with Crippen LogP contribution in [0.25, 0.3) is 0 Å². The summed E-state index contributed by atoms with van der Waals surface area (Å²) in [6.45, 7) is 13.2. The lowest BCUT2D eigenvalue weighted by molar-refractivity contribution is 0.0495. The van der Waals surface area contributed by atoms with Crippen LogP contribution in [0.1, 0.15) is 0 Å². The molecular formula is C17H48O9Si6. The van der Waals surface area contributed by atoms with E-state index >= 15 is 0 Å². The predicted octanol–water partition coefficient (Wildman–Crippen LogP) is 2.55. The second-order valence-corrected chi connectivity index (χ2v) is 28.3. The second-order valence-electron chi connectivity index (χ2n) is 9.16. The minimum Gasteiger partial charge on any atom is -0.459 e. The molecule has 0 saturated carbocycles. The van der Waals surface area contributed by atoms with E-state index in [1.165, 1.54) is 0 Å². The second kappa shape index (κ2) is 15.1. The minimum atomic E-state index is -2.64. The van der Waals surface area contributed by atoms with Gasteiger partial charge in [-0.3, -0.25) is 0 Å². The quantitative estimate of drug-likeness (QED) is 0.174. The summed E-state index contributed by atoms with van der Waals surface area (Å²) in [5.41, 5.74) is 0. The first-order valence-corrected chi connectivity index (χ1v) is 25.3. The molecule has 0 rings (SSSR count). The van der Waals surface area contributed by atoms with Crippen molar-refractivity contribution in [1.82, 2.24) is 0 Å². The van der Waals surface area contributed by atoms with Gasteiger partial charge in [0.25, 0.3) is 0 Å². The number of hydrogen-bond acceptors (Lipinski definition) is 9. The molecule has 0 spiro atoms. The van der Waals surface area contributed by atoms with Crippen molar-refractivity contribution >= 4 is 53.0 Å². The lowest BCUT2D eigenvalue weighted by Gasteiger charge is -2.36. The molecule has 15 heteroatoms. The first kappa shape index (κ1) is 32.9. The maximum atomic E-state index is 6.65. The third-order valence-corrected chi connectivity index (χ3v) is 21.3. The van der Waals surface area contributed by atoms with E-state index in [2.05, 4.69) is 39.3 Å². The van der Waals surface area contributed by atoms with Gasteiger partial charge in [0.05, 0.1) is 0 Å². The third kappa shape index (κ3) is 12.1. The molecule has 0 radical (unpaired) electrons. The van der Waals surface area contributed by atoms with Crippen LogP contribution in [0.3, 0.4) is 0 Å². The maximum absolute atomic E-state index is 6.65. The Morgan fingerprint density at radius 1 is 0.594 bits per heavy atom. The smallest absolute Gasteiger partial charge is 0.459 e. The van der Waals surface area contributed by atoms with E-state index in [0.717, 1.165) is 12.1 Å². The topological polar surface area (TPSA) is 83.1 Å². The van der Waals surface area contributed by atoms with E-state index in [1.807, 2.05) is 0 Å². The van der Waals surface area contributed by atoms with Gasteiger partial charge in [0.15, 0.2) is 25.7 Å². The summed E-state index contributed by atoms with van der Waals surface area (Å²) in [7, 11) is -1.71. The van der Waals surface area contributed by atoms with Crippen LogP contribution in [0.5, 0.6) is 0 Å². The highest BCUT2D eigenvalue weighted by Crippen LogP contribution is 2.27. The van der Waals surface area contributed by atoms with Gasteiger partial charge in [-0.15, -0.1) is 0 Å². The van der Waals surface area contributed by atoms with Crippen LogP contribution in [-0.2, 0) is 39.5 Å². The van der Waals surface area contributed by atoms with Crippen LogP contribution in [0.2, 0.25) is 63.5 Å². The van der Waals surface area contributed by atoms with Crippen molar-refractivity contribution in [3.05, 3.63) is 0 Å². The molecule has 0 saturated heterocycles. The van der Waals surface area contributed by atoms with Gasteiger partial charge in [0.1, 0.15) is 5.91 Å². The molecule has 0 aliphatic rings. The highest BCUT2D eigenvalue weighted by atomic mass is 28.4. The van der Waals surface area contributed by atoms with Crippen LogP contribution in [0, 0.1) is 0 Å². The van der Waals surface area contributed by atoms with Crippen molar-refractivity contribution in [2.45, 2.75) is 69.4 Å². The van der Waals surface area contributed by atoms with Gasteiger partial charge >= 0.3 is 17.6 Å². The summed E-state index contributed by atoms with van der Waals surface area (Å²) in [4.78, 5) is 0. The van der Waals surface area contributed by atoms with Gasteiger partial charge in [-0.25, -0.2) is 0 Å². The van der Waals surface area contributed by atoms with Gasteiger partial charge < -0.3 is 39.5 Å². The van der Waals surface area contributed by atoms with Crippen molar-refractivity contribution in [1.29, 1.82) is 0 Å². The lowest BCUT2D eigenvalue weighted by atomic mass is 10.9. The molecule has 0 heterocycles. The minimum absolute atomic E-state index is 0.263. The summed E-state index contributed by atoms with van der Waals surface area (Å²) in [6.07, 6.45) is 0. The summed E-state index contributed by atoms with van der Waals surface area (Å²) in [5.74, 6) is -0.263. The van der Waals surface area contributed by atoms with Gasteiger partial charge in [0, 0.05) is 54.7 Å². The Morgan fingerprint density at radius 2 is 0.906 bits per heavy atom. The Hall–Kier alpha value is 0.941. The number of rotatable bonds is 19. The molecule has 0 unspecified atom stereocenters. The molecule has 0 atom stereocenters. The molecule has 0 aromatic rings. The van der Waals surface area contributed by atoms with E-state index in [9.17, 15) is 0 Å². The van der Waals surface area contributed by atoms with Crippen LogP contribution in [0.15, 0.2) is 0 Å². The van der Waals surface area contributed by atoms with Gasteiger partial charge in [-0.1, -0.05) is 0 Å². The molecule has 0 aromatic carbocycles. The first-order chi connectivity index (χ1) is 14.8. The Kier molecular flexibility index (Phi) is 15.6. The summed E-state index contributed by atoms with van der Waals surface area (Å²) in [5, 5.41) is 0. The fraction of sp³-hybridized carbons (Fsp3) is 1.00. The fourth-order valence-corrected chi connectivity index (χ4v) is 20.0. The van der Waals surface area contributed by atoms with Crippen molar-refractivity contribution in [3.63, 3.8) is 0 Å². The van der Waals surface area contributed by atoms with Crippen molar-refractivity contribution in [2.24, 2.45) is 0 Å². The van der Waals surface area contributed by atoms with Crippen LogP contribution in [-0.4, -0.2) is 102 Å². The van der Waals surface area contributed by atoms with Crippen LogP contribution < -0.4 is 0 Å². The number of hydrogen-bond donors (Lipinski definition) is 0. The molecule has 0 aliphatic carbocycles. The average molecular weight is 565 g/mol. The molecule has 0 N–H and O–H groups in total. The standard InChI is InChI=1S/C17H48O9Si6/c1-18-31(19-2,20-3)15-13-29(9,10)24-17(27-26-28(7)8)25-30(11,12)14-16-32(21-4,22-5)23-6/h17,28H,13-16,27H2,1-12H3. The van der Waals surface area contributed by atoms with Crippen LogP contribution >= 0.6 is 0 Å². The zero-order chi connectivity index (χ0) is 25.1. The van der Waals surface area contributed by atoms with E-state index in [-0.39, 0.29) is 5.91 Å².